The number of alkyl halides is 1. The van der Waals surface area contributed by atoms with Crippen LogP contribution < -0.4 is 0 Å². The van der Waals surface area contributed by atoms with Crippen LogP contribution >= 0.6 is 22.6 Å². The van der Waals surface area contributed by atoms with E-state index in [1.165, 1.54) is 0 Å². The van der Waals surface area contributed by atoms with Gasteiger partial charge in [0.2, 0.25) is 0 Å². The Kier molecular flexibility index (Phi) is 4.51. The molecule has 1 atom stereocenters. The summed E-state index contributed by atoms with van der Waals surface area (Å²) in [7, 11) is 0. The van der Waals surface area contributed by atoms with Crippen molar-refractivity contribution in [2.24, 2.45) is 5.92 Å². The van der Waals surface area contributed by atoms with Crippen molar-refractivity contribution in [2.45, 2.75) is 44.1 Å². The van der Waals surface area contributed by atoms with Crippen molar-refractivity contribution in [3.63, 3.8) is 0 Å². The lowest BCUT2D eigenvalue weighted by Crippen LogP contribution is -2.31. The van der Waals surface area contributed by atoms with Gasteiger partial charge in [0.15, 0.2) is 0 Å². The van der Waals surface area contributed by atoms with Crippen LogP contribution in [0.1, 0.15) is 34.6 Å². The largest absolute Gasteiger partial charge is 0.459 e. The Bertz CT molecular complexity index is 158. The summed E-state index contributed by atoms with van der Waals surface area (Å²) in [5.41, 5.74) is -0.366. The highest BCUT2D eigenvalue weighted by atomic mass is 127. The first-order valence-corrected chi connectivity index (χ1v) is 5.35. The number of halogens is 1. The lowest BCUT2D eigenvalue weighted by atomic mass is 10.1. The molecular formula is C9H17IO2. The third kappa shape index (κ3) is 4.95. The zero-order valence-corrected chi connectivity index (χ0v) is 10.5. The molecule has 0 rings (SSSR count). The van der Waals surface area contributed by atoms with Crippen molar-refractivity contribution >= 4 is 28.6 Å². The highest BCUT2D eigenvalue weighted by Gasteiger charge is 2.24. The van der Waals surface area contributed by atoms with E-state index in [9.17, 15) is 4.79 Å². The summed E-state index contributed by atoms with van der Waals surface area (Å²) in [5.74, 6) is 0.221. The van der Waals surface area contributed by atoms with Gasteiger partial charge in [0.1, 0.15) is 9.53 Å². The fourth-order valence-corrected chi connectivity index (χ4v) is 0.757. The minimum Gasteiger partial charge on any atom is -0.459 e. The van der Waals surface area contributed by atoms with E-state index in [2.05, 4.69) is 22.6 Å². The zero-order chi connectivity index (χ0) is 9.94. The molecule has 0 bridgehead atoms. The molecule has 0 saturated heterocycles. The smallest absolute Gasteiger partial charge is 0.319 e. The molecule has 0 amide bonds. The lowest BCUT2D eigenvalue weighted by molar-refractivity contribution is -0.154. The molecule has 72 valence electrons. The second-order valence-electron chi connectivity index (χ2n) is 4.18. The highest BCUT2D eigenvalue weighted by molar-refractivity contribution is 14.1. The van der Waals surface area contributed by atoms with Gasteiger partial charge in [-0.1, -0.05) is 36.4 Å². The fraction of sp³-hybridized carbons (Fsp3) is 0.889. The van der Waals surface area contributed by atoms with Gasteiger partial charge >= 0.3 is 5.97 Å². The maximum absolute atomic E-state index is 11.4. The number of carbonyl (C=O) groups is 1. The first kappa shape index (κ1) is 12.2. The fourth-order valence-electron chi connectivity index (χ4n) is 0.630. The van der Waals surface area contributed by atoms with Crippen LogP contribution in [0.3, 0.4) is 0 Å². The summed E-state index contributed by atoms with van der Waals surface area (Å²) in [4.78, 5) is 11.4. The molecule has 0 aromatic carbocycles. The van der Waals surface area contributed by atoms with Gasteiger partial charge < -0.3 is 4.74 Å². The Balaban J connectivity index is 4.05. The van der Waals surface area contributed by atoms with Crippen LogP contribution in [0.25, 0.3) is 0 Å². The summed E-state index contributed by atoms with van der Waals surface area (Å²) < 4.78 is 5.17. The second kappa shape index (κ2) is 4.44. The van der Waals surface area contributed by atoms with Crippen molar-refractivity contribution in [3.05, 3.63) is 0 Å². The minimum atomic E-state index is -0.366. The predicted octanol–water partition coefficient (Wildman–Crippen LogP) is 2.79. The molecule has 0 aromatic heterocycles. The number of esters is 1. The zero-order valence-electron chi connectivity index (χ0n) is 8.35. The molecule has 0 heterocycles. The molecule has 2 nitrogen and oxygen atoms in total. The summed E-state index contributed by atoms with van der Waals surface area (Å²) >= 11 is 2.12. The number of hydrogen-bond donors (Lipinski definition) is 0. The maximum atomic E-state index is 11.4. The Hall–Kier alpha value is 0.200. The van der Waals surface area contributed by atoms with E-state index in [4.69, 9.17) is 4.74 Å². The van der Waals surface area contributed by atoms with E-state index in [1.54, 1.807) is 0 Å². The van der Waals surface area contributed by atoms with E-state index in [1.807, 2.05) is 34.6 Å². The molecule has 0 aliphatic carbocycles. The summed E-state index contributed by atoms with van der Waals surface area (Å²) in [6.45, 7) is 9.68. The van der Waals surface area contributed by atoms with Crippen LogP contribution in [0, 0.1) is 5.92 Å². The lowest BCUT2D eigenvalue weighted by Gasteiger charge is -2.22. The van der Waals surface area contributed by atoms with Crippen molar-refractivity contribution in [1.29, 1.82) is 0 Å². The Morgan fingerprint density at radius 1 is 1.33 bits per heavy atom. The van der Waals surface area contributed by atoms with Crippen LogP contribution in [0.2, 0.25) is 0 Å². The molecular weight excluding hydrogens is 267 g/mol. The standard InChI is InChI=1S/C9H17IO2/c1-6(2)7(10)8(11)12-9(3,4)5/h6-7H,1-5H3. The second-order valence-corrected chi connectivity index (χ2v) is 5.52. The highest BCUT2D eigenvalue weighted by Crippen LogP contribution is 2.18. The normalized spacial score (nSPS) is 14.6. The molecule has 1 unspecified atom stereocenters. The van der Waals surface area contributed by atoms with Gasteiger partial charge in [0.05, 0.1) is 0 Å². The van der Waals surface area contributed by atoms with Gasteiger partial charge in [-0.2, -0.15) is 0 Å². The quantitative estimate of drug-likeness (QED) is 0.443. The van der Waals surface area contributed by atoms with Crippen LogP contribution in [0.4, 0.5) is 0 Å². The molecule has 0 spiro atoms. The van der Waals surface area contributed by atoms with Crippen molar-refractivity contribution in [2.75, 3.05) is 0 Å². The SMILES string of the molecule is CC(C)C(I)C(=O)OC(C)(C)C. The molecule has 0 aliphatic rings. The molecule has 12 heavy (non-hydrogen) atoms. The Labute approximate surface area is 88.2 Å². The predicted molar refractivity (Wildman–Crippen MR) is 58.5 cm³/mol. The van der Waals surface area contributed by atoms with E-state index < -0.39 is 0 Å². The van der Waals surface area contributed by atoms with Gasteiger partial charge in [-0.25, -0.2) is 0 Å². The molecule has 0 aromatic rings. The van der Waals surface area contributed by atoms with Crippen LogP contribution in [-0.4, -0.2) is 15.5 Å². The van der Waals surface area contributed by atoms with Crippen LogP contribution in [0.15, 0.2) is 0 Å². The van der Waals surface area contributed by atoms with Crippen LogP contribution in [-0.2, 0) is 9.53 Å². The molecule has 0 saturated carbocycles. The average molecular weight is 284 g/mol. The molecule has 0 N–H and O–H groups in total. The monoisotopic (exact) mass is 284 g/mol. The Morgan fingerprint density at radius 3 is 2.00 bits per heavy atom. The van der Waals surface area contributed by atoms with Gasteiger partial charge in [0, 0.05) is 0 Å². The molecule has 0 fully saturated rings. The first-order chi connectivity index (χ1) is 5.24. The molecule has 0 aliphatic heterocycles. The van der Waals surface area contributed by atoms with E-state index in [-0.39, 0.29) is 15.5 Å². The van der Waals surface area contributed by atoms with Gasteiger partial charge in [-0.05, 0) is 26.7 Å². The summed E-state index contributed by atoms with van der Waals surface area (Å²) in [6.07, 6.45) is 0. The van der Waals surface area contributed by atoms with Crippen molar-refractivity contribution in [1.82, 2.24) is 0 Å². The van der Waals surface area contributed by atoms with E-state index in [0.29, 0.717) is 5.92 Å². The Morgan fingerprint density at radius 2 is 1.75 bits per heavy atom. The van der Waals surface area contributed by atoms with Gasteiger partial charge in [-0.15, -0.1) is 0 Å². The van der Waals surface area contributed by atoms with Crippen LogP contribution in [0.5, 0.6) is 0 Å². The third-order valence-corrected chi connectivity index (χ3v) is 3.16. The number of hydrogen-bond acceptors (Lipinski definition) is 2. The van der Waals surface area contributed by atoms with Gasteiger partial charge in [-0.3, -0.25) is 4.79 Å². The third-order valence-electron chi connectivity index (χ3n) is 1.22. The van der Waals surface area contributed by atoms with Gasteiger partial charge in [0.25, 0.3) is 0 Å². The summed E-state index contributed by atoms with van der Waals surface area (Å²) in [5, 5.41) is 0. The van der Waals surface area contributed by atoms with Crippen molar-refractivity contribution < 1.29 is 9.53 Å². The number of rotatable bonds is 2. The molecule has 0 radical (unpaired) electrons. The average Bonchev–Trinajstić information content (AvgIpc) is 1.82. The topological polar surface area (TPSA) is 26.3 Å². The van der Waals surface area contributed by atoms with E-state index in [0.717, 1.165) is 0 Å². The van der Waals surface area contributed by atoms with E-state index >= 15 is 0 Å². The summed E-state index contributed by atoms with van der Waals surface area (Å²) in [6, 6.07) is 0. The first-order valence-electron chi connectivity index (χ1n) is 4.11. The minimum absolute atomic E-state index is 0.0400. The number of carbonyl (C=O) groups excluding carboxylic acids is 1. The number of ether oxygens (including phenoxy) is 1. The maximum Gasteiger partial charge on any atom is 0.319 e. The van der Waals surface area contributed by atoms with Crippen molar-refractivity contribution in [3.8, 4) is 0 Å². The molecule has 3 heteroatoms.